The summed E-state index contributed by atoms with van der Waals surface area (Å²) in [5.74, 6) is -0.0619. The molecule has 1 fully saturated rings. The molecule has 1 aliphatic rings. The number of rotatable bonds is 1. The van der Waals surface area contributed by atoms with Crippen molar-refractivity contribution in [3.8, 4) is 0 Å². The largest absolute Gasteiger partial charge is 0.458 e. The van der Waals surface area contributed by atoms with Crippen molar-refractivity contribution >= 4 is 21.9 Å². The molecule has 0 aliphatic carbocycles. The van der Waals surface area contributed by atoms with E-state index in [1.54, 1.807) is 0 Å². The number of esters is 1. The van der Waals surface area contributed by atoms with E-state index in [-0.39, 0.29) is 11.6 Å². The van der Waals surface area contributed by atoms with Crippen LogP contribution in [0.2, 0.25) is 0 Å². The lowest BCUT2D eigenvalue weighted by Gasteiger charge is -2.31. The molecule has 1 rings (SSSR count). The summed E-state index contributed by atoms with van der Waals surface area (Å²) >= 11 is 3.32. The summed E-state index contributed by atoms with van der Waals surface area (Å²) in [4.78, 5) is 10.8. The first-order valence-corrected chi connectivity index (χ1v) is 4.56. The van der Waals surface area contributed by atoms with Crippen LogP contribution in [0.15, 0.2) is 0 Å². The van der Waals surface area contributed by atoms with Gasteiger partial charge in [-0.1, -0.05) is 15.9 Å². The molecule has 1 aliphatic heterocycles. The summed E-state index contributed by atoms with van der Waals surface area (Å²) in [6.45, 7) is 1.96. The smallest absolute Gasteiger partial charge is 0.306 e. The van der Waals surface area contributed by atoms with E-state index in [4.69, 9.17) is 4.74 Å². The average molecular weight is 207 g/mol. The van der Waals surface area contributed by atoms with Crippen LogP contribution in [0.1, 0.15) is 26.2 Å². The fourth-order valence-corrected chi connectivity index (χ4v) is 1.47. The topological polar surface area (TPSA) is 26.3 Å². The molecule has 58 valence electrons. The van der Waals surface area contributed by atoms with Crippen LogP contribution in [-0.2, 0) is 9.53 Å². The SMILES string of the molecule is C[C@]1(CBr)CCCC(=O)O1. The van der Waals surface area contributed by atoms with Gasteiger partial charge in [0.05, 0.1) is 0 Å². The summed E-state index contributed by atoms with van der Waals surface area (Å²) in [7, 11) is 0. The lowest BCUT2D eigenvalue weighted by molar-refractivity contribution is -0.161. The predicted octanol–water partition coefficient (Wildman–Crippen LogP) is 1.87. The number of alkyl halides is 1. The van der Waals surface area contributed by atoms with Crippen molar-refractivity contribution in [2.45, 2.75) is 31.8 Å². The molecule has 0 aromatic rings. The van der Waals surface area contributed by atoms with Crippen molar-refractivity contribution in [3.63, 3.8) is 0 Å². The van der Waals surface area contributed by atoms with E-state index in [2.05, 4.69) is 15.9 Å². The summed E-state index contributed by atoms with van der Waals surface area (Å²) in [5.41, 5.74) is -0.241. The van der Waals surface area contributed by atoms with Crippen LogP contribution >= 0.6 is 15.9 Å². The molecule has 1 heterocycles. The Hall–Kier alpha value is -0.0500. The van der Waals surface area contributed by atoms with E-state index in [0.29, 0.717) is 6.42 Å². The van der Waals surface area contributed by atoms with Crippen LogP contribution in [0.4, 0.5) is 0 Å². The van der Waals surface area contributed by atoms with Gasteiger partial charge in [-0.2, -0.15) is 0 Å². The Labute approximate surface area is 69.1 Å². The maximum Gasteiger partial charge on any atom is 0.306 e. The van der Waals surface area contributed by atoms with Gasteiger partial charge >= 0.3 is 5.97 Å². The Morgan fingerprint density at radius 1 is 1.80 bits per heavy atom. The molecular weight excluding hydrogens is 196 g/mol. The highest BCUT2D eigenvalue weighted by Gasteiger charge is 2.31. The fourth-order valence-electron chi connectivity index (χ4n) is 1.08. The second kappa shape index (κ2) is 2.91. The van der Waals surface area contributed by atoms with Crippen LogP contribution in [0, 0.1) is 0 Å². The van der Waals surface area contributed by atoms with E-state index in [1.807, 2.05) is 6.92 Å². The zero-order chi connectivity index (χ0) is 7.61. The quantitative estimate of drug-likeness (QED) is 0.484. The summed E-state index contributed by atoms with van der Waals surface area (Å²) in [6.07, 6.45) is 2.52. The first-order valence-electron chi connectivity index (χ1n) is 3.44. The zero-order valence-electron chi connectivity index (χ0n) is 6.02. The van der Waals surface area contributed by atoms with Crippen molar-refractivity contribution in [2.24, 2.45) is 0 Å². The van der Waals surface area contributed by atoms with Gasteiger partial charge < -0.3 is 4.74 Å². The second-order valence-corrected chi connectivity index (χ2v) is 3.47. The van der Waals surface area contributed by atoms with E-state index < -0.39 is 0 Å². The number of ether oxygens (including phenoxy) is 1. The van der Waals surface area contributed by atoms with Crippen LogP contribution in [0.5, 0.6) is 0 Å². The van der Waals surface area contributed by atoms with Crippen molar-refractivity contribution in [3.05, 3.63) is 0 Å². The highest BCUT2D eigenvalue weighted by Crippen LogP contribution is 2.26. The molecule has 0 aromatic heterocycles. The van der Waals surface area contributed by atoms with Crippen LogP contribution < -0.4 is 0 Å². The normalized spacial score (nSPS) is 33.6. The van der Waals surface area contributed by atoms with Gasteiger partial charge in [0.1, 0.15) is 5.60 Å². The van der Waals surface area contributed by atoms with E-state index in [0.717, 1.165) is 18.2 Å². The molecular formula is C7H11BrO2. The van der Waals surface area contributed by atoms with Gasteiger partial charge in [0.15, 0.2) is 0 Å². The van der Waals surface area contributed by atoms with E-state index >= 15 is 0 Å². The molecule has 0 bridgehead atoms. The molecule has 0 unspecified atom stereocenters. The molecule has 10 heavy (non-hydrogen) atoms. The molecule has 0 N–H and O–H groups in total. The van der Waals surface area contributed by atoms with Crippen LogP contribution in [0.25, 0.3) is 0 Å². The standard InChI is InChI=1S/C7H11BrO2/c1-7(5-8)4-2-3-6(9)10-7/h2-5H2,1H3/t7-/m1/s1. The third-order valence-electron chi connectivity index (χ3n) is 1.73. The first-order chi connectivity index (χ1) is 4.66. The summed E-state index contributed by atoms with van der Waals surface area (Å²) < 4.78 is 5.14. The minimum Gasteiger partial charge on any atom is -0.458 e. The van der Waals surface area contributed by atoms with Crippen molar-refractivity contribution in [1.29, 1.82) is 0 Å². The highest BCUT2D eigenvalue weighted by atomic mass is 79.9. The number of cyclic esters (lactones) is 1. The molecule has 3 heteroatoms. The van der Waals surface area contributed by atoms with Gasteiger partial charge in [0.25, 0.3) is 0 Å². The number of hydrogen-bond acceptors (Lipinski definition) is 2. The lowest BCUT2D eigenvalue weighted by atomic mass is 9.98. The Bertz CT molecular complexity index is 147. The molecule has 0 aromatic carbocycles. The summed E-state index contributed by atoms with van der Waals surface area (Å²) in [5, 5.41) is 0.742. The average Bonchev–Trinajstić information content (AvgIpc) is 1.88. The molecule has 2 nitrogen and oxygen atoms in total. The zero-order valence-corrected chi connectivity index (χ0v) is 7.61. The van der Waals surface area contributed by atoms with Gasteiger partial charge in [-0.15, -0.1) is 0 Å². The molecule has 0 radical (unpaired) electrons. The van der Waals surface area contributed by atoms with Gasteiger partial charge in [0, 0.05) is 11.8 Å². The molecule has 0 amide bonds. The van der Waals surface area contributed by atoms with Gasteiger partial charge in [-0.05, 0) is 19.8 Å². The Morgan fingerprint density at radius 3 is 2.90 bits per heavy atom. The van der Waals surface area contributed by atoms with Crippen molar-refractivity contribution < 1.29 is 9.53 Å². The molecule has 1 saturated heterocycles. The monoisotopic (exact) mass is 206 g/mol. The van der Waals surface area contributed by atoms with Gasteiger partial charge in [0.2, 0.25) is 0 Å². The minimum atomic E-state index is -0.241. The predicted molar refractivity (Wildman–Crippen MR) is 42.1 cm³/mol. The number of hydrogen-bond donors (Lipinski definition) is 0. The first kappa shape index (κ1) is 8.05. The van der Waals surface area contributed by atoms with Crippen molar-refractivity contribution in [2.75, 3.05) is 5.33 Å². The third kappa shape index (κ3) is 1.72. The van der Waals surface area contributed by atoms with Crippen molar-refractivity contribution in [1.82, 2.24) is 0 Å². The van der Waals surface area contributed by atoms with Crippen LogP contribution in [0.3, 0.4) is 0 Å². The van der Waals surface area contributed by atoms with E-state index in [1.165, 1.54) is 0 Å². The number of carbonyl (C=O) groups excluding carboxylic acids is 1. The highest BCUT2D eigenvalue weighted by molar-refractivity contribution is 9.09. The maximum atomic E-state index is 10.8. The molecule has 0 saturated carbocycles. The molecule has 0 spiro atoms. The Morgan fingerprint density at radius 2 is 2.50 bits per heavy atom. The van der Waals surface area contributed by atoms with Gasteiger partial charge in [-0.25, -0.2) is 0 Å². The number of halogens is 1. The van der Waals surface area contributed by atoms with Crippen LogP contribution in [-0.4, -0.2) is 16.9 Å². The lowest BCUT2D eigenvalue weighted by Crippen LogP contribution is -2.37. The molecule has 1 atom stereocenters. The minimum absolute atomic E-state index is 0.0619. The fraction of sp³-hybridized carbons (Fsp3) is 0.857. The summed E-state index contributed by atoms with van der Waals surface area (Å²) in [6, 6.07) is 0. The van der Waals surface area contributed by atoms with Gasteiger partial charge in [-0.3, -0.25) is 4.79 Å². The third-order valence-corrected chi connectivity index (χ3v) is 2.92. The Balaban J connectivity index is 2.53. The second-order valence-electron chi connectivity index (χ2n) is 2.91. The maximum absolute atomic E-state index is 10.8. The number of carbonyl (C=O) groups is 1. The van der Waals surface area contributed by atoms with E-state index in [9.17, 15) is 4.79 Å². The Kier molecular flexibility index (Phi) is 2.34.